The number of benzene rings is 2. The molecule has 2 aromatic carbocycles. The molecule has 2 atom stereocenters. The van der Waals surface area contributed by atoms with Crippen LogP contribution in [0.3, 0.4) is 0 Å². The summed E-state index contributed by atoms with van der Waals surface area (Å²) in [6, 6.07) is 10.4. The van der Waals surface area contributed by atoms with E-state index in [1.165, 1.54) is 0 Å². The van der Waals surface area contributed by atoms with Crippen molar-refractivity contribution in [1.29, 1.82) is 0 Å². The average Bonchev–Trinajstić information content (AvgIpc) is 3.51. The van der Waals surface area contributed by atoms with Gasteiger partial charge in [0.25, 0.3) is 0 Å². The molecule has 2 aliphatic heterocycles. The summed E-state index contributed by atoms with van der Waals surface area (Å²) in [5.74, 6) is -0.326. The van der Waals surface area contributed by atoms with Crippen molar-refractivity contribution in [2.24, 2.45) is 0 Å². The van der Waals surface area contributed by atoms with Crippen molar-refractivity contribution in [2.45, 2.75) is 75.1 Å². The summed E-state index contributed by atoms with van der Waals surface area (Å²) in [6.45, 7) is -0.552. The first-order valence-corrected chi connectivity index (χ1v) is 14.7. The van der Waals surface area contributed by atoms with Gasteiger partial charge in [-0.3, -0.25) is 0 Å². The maximum Gasteiger partial charge on any atom is 0.400 e. The highest BCUT2D eigenvalue weighted by molar-refractivity contribution is 7.81. The second-order valence-electron chi connectivity index (χ2n) is 9.99. The van der Waals surface area contributed by atoms with Gasteiger partial charge in [0.05, 0.1) is 13.2 Å². The van der Waals surface area contributed by atoms with Crippen LogP contribution in [0.5, 0.6) is 11.5 Å². The van der Waals surface area contributed by atoms with Crippen LogP contribution < -0.4 is 9.47 Å². The Morgan fingerprint density at radius 1 is 0.730 bits per heavy atom. The van der Waals surface area contributed by atoms with Gasteiger partial charge >= 0.3 is 10.4 Å². The first-order valence-electron chi connectivity index (χ1n) is 12.6. The van der Waals surface area contributed by atoms with Crippen LogP contribution in [0.4, 0.5) is 0 Å². The summed E-state index contributed by atoms with van der Waals surface area (Å²) in [5.41, 5.74) is 1.28. The third kappa shape index (κ3) is 5.32. The standard InChI is InChI=1S/C26H28Cl2O8S/c27-17-5-7-21-19(13-17)23(35-25(33-21)9-1-2-10-25)15-31-37(29,30)32-16-24-20-14-18(28)6-8-22(20)34-26(36-24)11-3-4-12-26/h5-8,13-14,23-24H,1-4,9-12,15-16H2. The van der Waals surface area contributed by atoms with Crippen LogP contribution in [-0.4, -0.2) is 33.2 Å². The van der Waals surface area contributed by atoms with Crippen molar-refractivity contribution in [2.75, 3.05) is 13.2 Å². The van der Waals surface area contributed by atoms with Crippen LogP contribution in [0.1, 0.15) is 74.7 Å². The maximum absolute atomic E-state index is 12.8. The average molecular weight is 571 g/mol. The molecule has 2 aliphatic carbocycles. The molecule has 0 radical (unpaired) electrons. The first-order chi connectivity index (χ1) is 17.7. The van der Waals surface area contributed by atoms with Crippen LogP contribution in [0, 0.1) is 0 Å². The van der Waals surface area contributed by atoms with Crippen molar-refractivity contribution in [3.63, 3.8) is 0 Å². The number of hydrogen-bond donors (Lipinski definition) is 0. The van der Waals surface area contributed by atoms with E-state index in [1.54, 1.807) is 36.4 Å². The lowest BCUT2D eigenvalue weighted by Crippen LogP contribution is -2.42. The molecular formula is C26H28Cl2O8S. The number of ether oxygens (including phenoxy) is 4. The Balaban J connectivity index is 1.16. The molecule has 2 saturated carbocycles. The Labute approximate surface area is 226 Å². The molecule has 2 fully saturated rings. The monoisotopic (exact) mass is 570 g/mol. The first kappa shape index (κ1) is 25.7. The van der Waals surface area contributed by atoms with E-state index in [9.17, 15) is 8.42 Å². The van der Waals surface area contributed by atoms with E-state index in [4.69, 9.17) is 50.5 Å². The van der Waals surface area contributed by atoms with Crippen molar-refractivity contribution in [3.8, 4) is 11.5 Å². The van der Waals surface area contributed by atoms with Gasteiger partial charge < -0.3 is 18.9 Å². The van der Waals surface area contributed by atoms with E-state index in [0.717, 1.165) is 51.4 Å². The predicted molar refractivity (Wildman–Crippen MR) is 135 cm³/mol. The van der Waals surface area contributed by atoms with Gasteiger partial charge in [0.1, 0.15) is 23.7 Å². The Morgan fingerprint density at radius 3 is 1.54 bits per heavy atom. The number of fused-ring (bicyclic) bond motifs is 2. The fourth-order valence-corrected chi connectivity index (χ4v) is 6.67. The van der Waals surface area contributed by atoms with E-state index in [0.29, 0.717) is 32.7 Å². The van der Waals surface area contributed by atoms with Gasteiger partial charge in [-0.05, 0) is 62.1 Å². The Kier molecular flexibility index (Phi) is 6.84. The molecule has 0 amide bonds. The minimum Gasteiger partial charge on any atom is -0.462 e. The minimum absolute atomic E-state index is 0.276. The molecule has 6 rings (SSSR count). The van der Waals surface area contributed by atoms with Crippen molar-refractivity contribution >= 4 is 33.6 Å². The zero-order valence-electron chi connectivity index (χ0n) is 20.1. The van der Waals surface area contributed by atoms with Crippen LogP contribution in [0.25, 0.3) is 0 Å². The quantitative estimate of drug-likeness (QED) is 0.393. The zero-order valence-corrected chi connectivity index (χ0v) is 22.4. The van der Waals surface area contributed by atoms with Gasteiger partial charge in [-0.25, -0.2) is 8.37 Å². The topological polar surface area (TPSA) is 89.5 Å². The van der Waals surface area contributed by atoms with Gasteiger partial charge in [-0.15, -0.1) is 0 Å². The Hall–Kier alpha value is -1.59. The SMILES string of the molecule is O=S(=O)(OCC1OC2(CCCC2)Oc2ccc(Cl)cc21)OCC1OC2(CCCC2)Oc2ccc(Cl)cc21. The molecule has 0 aromatic heterocycles. The Bertz CT molecular complexity index is 1180. The van der Waals surface area contributed by atoms with Crippen LogP contribution in [0.15, 0.2) is 36.4 Å². The number of hydrogen-bond acceptors (Lipinski definition) is 8. The van der Waals surface area contributed by atoms with Gasteiger partial charge in [-0.1, -0.05) is 23.2 Å². The molecule has 37 heavy (non-hydrogen) atoms. The predicted octanol–water partition coefficient (Wildman–Crippen LogP) is 6.41. The van der Waals surface area contributed by atoms with Gasteiger partial charge in [-0.2, -0.15) is 8.42 Å². The lowest BCUT2D eigenvalue weighted by atomic mass is 10.0. The fourth-order valence-electron chi connectivity index (χ4n) is 5.66. The minimum atomic E-state index is -4.38. The maximum atomic E-state index is 12.8. The van der Waals surface area contributed by atoms with Crippen LogP contribution in [-0.2, 0) is 28.2 Å². The van der Waals surface area contributed by atoms with E-state index < -0.39 is 34.2 Å². The summed E-state index contributed by atoms with van der Waals surface area (Å²) in [5, 5.41) is 0.986. The zero-order chi connectivity index (χ0) is 25.7. The molecule has 0 N–H and O–H groups in total. The van der Waals surface area contributed by atoms with Crippen molar-refractivity contribution in [3.05, 3.63) is 57.6 Å². The van der Waals surface area contributed by atoms with E-state index in [-0.39, 0.29) is 13.2 Å². The summed E-state index contributed by atoms with van der Waals surface area (Å²) in [6.07, 6.45) is 5.40. The highest BCUT2D eigenvalue weighted by Gasteiger charge is 2.46. The molecule has 0 bridgehead atoms. The second kappa shape index (κ2) is 9.86. The summed E-state index contributed by atoms with van der Waals surface area (Å²) in [4.78, 5) is 0. The van der Waals surface area contributed by atoms with Crippen LogP contribution >= 0.6 is 23.2 Å². The lowest BCUT2D eigenvalue weighted by molar-refractivity contribution is -0.233. The normalized spacial score (nSPS) is 25.5. The van der Waals surface area contributed by atoms with Gasteiger partial charge in [0, 0.05) is 46.9 Å². The van der Waals surface area contributed by atoms with Crippen molar-refractivity contribution < 1.29 is 35.7 Å². The highest BCUT2D eigenvalue weighted by atomic mass is 35.5. The summed E-state index contributed by atoms with van der Waals surface area (Å²) in [7, 11) is -4.38. The summed E-state index contributed by atoms with van der Waals surface area (Å²) >= 11 is 12.4. The van der Waals surface area contributed by atoms with E-state index in [2.05, 4.69) is 0 Å². The van der Waals surface area contributed by atoms with Gasteiger partial charge in [0.2, 0.25) is 11.6 Å². The molecule has 2 heterocycles. The molecule has 0 saturated heterocycles. The third-order valence-electron chi connectivity index (χ3n) is 7.40. The summed E-state index contributed by atoms with van der Waals surface area (Å²) < 4.78 is 61.1. The third-order valence-corrected chi connectivity index (χ3v) is 8.72. The van der Waals surface area contributed by atoms with Crippen LogP contribution in [0.2, 0.25) is 10.0 Å². The fraction of sp³-hybridized carbons (Fsp3) is 0.538. The number of rotatable bonds is 6. The van der Waals surface area contributed by atoms with Gasteiger partial charge in [0.15, 0.2) is 0 Å². The molecule has 2 aromatic rings. The lowest BCUT2D eigenvalue weighted by Gasteiger charge is -2.40. The molecule has 200 valence electrons. The highest BCUT2D eigenvalue weighted by Crippen LogP contribution is 2.48. The molecule has 11 heteroatoms. The van der Waals surface area contributed by atoms with Crippen molar-refractivity contribution in [1.82, 2.24) is 0 Å². The van der Waals surface area contributed by atoms with E-state index >= 15 is 0 Å². The molecule has 2 unspecified atom stereocenters. The Morgan fingerprint density at radius 2 is 1.14 bits per heavy atom. The number of halogens is 2. The van der Waals surface area contributed by atoms with E-state index in [1.807, 2.05) is 0 Å². The molecule has 8 nitrogen and oxygen atoms in total. The largest absolute Gasteiger partial charge is 0.462 e. The smallest absolute Gasteiger partial charge is 0.400 e. The second-order valence-corrected chi connectivity index (χ2v) is 12.2. The molecule has 4 aliphatic rings. The molecular weight excluding hydrogens is 543 g/mol. The molecule has 2 spiro atoms.